The van der Waals surface area contributed by atoms with Crippen molar-refractivity contribution in [3.63, 3.8) is 0 Å². The summed E-state index contributed by atoms with van der Waals surface area (Å²) in [4.78, 5) is 0. The first kappa shape index (κ1) is 18.2. The van der Waals surface area contributed by atoms with Crippen molar-refractivity contribution in [2.45, 2.75) is 26.7 Å². The van der Waals surface area contributed by atoms with E-state index in [4.69, 9.17) is 5.11 Å². The largest absolute Gasteiger partial charge is 0.342 e. The topological polar surface area (TPSA) is 29.6 Å². The van der Waals surface area contributed by atoms with Crippen LogP contribution in [0, 0.1) is 0 Å². The van der Waals surface area contributed by atoms with Crippen LogP contribution >= 0.6 is 0 Å². The van der Waals surface area contributed by atoms with Crippen LogP contribution in [0.15, 0.2) is 83.0 Å². The summed E-state index contributed by atoms with van der Waals surface area (Å²) in [6.45, 7) is 4.33. The molecule has 0 spiro atoms. The van der Waals surface area contributed by atoms with Crippen molar-refractivity contribution < 1.29 is 0 Å². The van der Waals surface area contributed by atoms with Gasteiger partial charge in [-0.3, -0.25) is 0 Å². The van der Waals surface area contributed by atoms with Crippen LogP contribution in [0.4, 0.5) is 11.4 Å². The molecule has 4 aromatic rings. The second kappa shape index (κ2) is 7.81. The van der Waals surface area contributed by atoms with Gasteiger partial charge in [-0.05, 0) is 42.2 Å². The lowest BCUT2D eigenvalue weighted by Crippen LogP contribution is -1.91. The molecular formula is C25H25N3. The molecule has 0 radical (unpaired) electrons. The highest BCUT2D eigenvalue weighted by Gasteiger charge is 2.16. The van der Waals surface area contributed by atoms with Crippen molar-refractivity contribution in [1.29, 1.82) is 0 Å². The molecule has 3 heteroatoms. The number of fused-ring (bicyclic) bond motifs is 1. The molecule has 0 aliphatic carbocycles. The van der Waals surface area contributed by atoms with Crippen molar-refractivity contribution in [1.82, 2.24) is 4.57 Å². The first-order valence-corrected chi connectivity index (χ1v) is 9.88. The molecule has 0 amide bonds. The van der Waals surface area contributed by atoms with Gasteiger partial charge in [0.15, 0.2) is 0 Å². The van der Waals surface area contributed by atoms with E-state index in [2.05, 4.69) is 91.2 Å². The fourth-order valence-corrected chi connectivity index (χ4v) is 3.61. The number of nitrogens with zero attached hydrogens (tertiary/aromatic N) is 3. The Kier molecular flexibility index (Phi) is 5.07. The van der Waals surface area contributed by atoms with Gasteiger partial charge in [-0.1, -0.05) is 68.4 Å². The number of rotatable bonds is 5. The molecule has 0 aliphatic heterocycles. The van der Waals surface area contributed by atoms with Gasteiger partial charge in [0.25, 0.3) is 0 Å². The number of hydrogen-bond acceptors (Lipinski definition) is 2. The minimum atomic E-state index is 0.873. The zero-order chi connectivity index (χ0) is 19.5. The van der Waals surface area contributed by atoms with E-state index in [0.29, 0.717) is 0 Å². The molecule has 3 nitrogen and oxygen atoms in total. The molecule has 0 atom stereocenters. The Bertz CT molecular complexity index is 1120. The highest BCUT2D eigenvalue weighted by molar-refractivity contribution is 6.00. The van der Waals surface area contributed by atoms with Crippen LogP contribution in [0.5, 0.6) is 0 Å². The second-order valence-electron chi connectivity index (χ2n) is 7.04. The molecule has 0 unspecified atom stereocenters. The number of benzene rings is 3. The maximum Gasteiger partial charge on any atom is 0.119 e. The maximum absolute atomic E-state index is 4.70. The molecule has 3 aromatic carbocycles. The Morgan fingerprint density at radius 2 is 1.32 bits per heavy atom. The summed E-state index contributed by atoms with van der Waals surface area (Å²) >= 11 is 0. The Morgan fingerprint density at radius 3 is 1.96 bits per heavy atom. The number of aromatic nitrogens is 1. The third kappa shape index (κ3) is 3.36. The molecule has 1 aromatic heterocycles. The summed E-state index contributed by atoms with van der Waals surface area (Å²) in [5, 5.41) is 10.4. The standard InChI is InChI=1S/C25H25N3/c1-4-18-10-14-20(15-11-18)25-24(22-8-6-7-9-23(22)28(25)3)27-26-21-16-12-19(5-2)13-17-21/h6-17H,4-5H2,1-3H3. The summed E-state index contributed by atoms with van der Waals surface area (Å²) in [7, 11) is 2.10. The number of hydrogen-bond donors (Lipinski definition) is 0. The molecule has 140 valence electrons. The lowest BCUT2D eigenvalue weighted by atomic mass is 10.1. The molecule has 4 rings (SSSR count). The number of aryl methyl sites for hydroxylation is 3. The highest BCUT2D eigenvalue weighted by atomic mass is 15.1. The quantitative estimate of drug-likeness (QED) is 0.329. The minimum Gasteiger partial charge on any atom is -0.342 e. The van der Waals surface area contributed by atoms with E-state index < -0.39 is 0 Å². The van der Waals surface area contributed by atoms with Crippen LogP contribution in [0.3, 0.4) is 0 Å². The first-order chi connectivity index (χ1) is 13.7. The zero-order valence-corrected chi connectivity index (χ0v) is 16.7. The predicted octanol–water partition coefficient (Wildman–Crippen LogP) is 7.39. The van der Waals surface area contributed by atoms with Crippen LogP contribution in [-0.4, -0.2) is 4.57 Å². The van der Waals surface area contributed by atoms with Gasteiger partial charge in [-0.2, -0.15) is 5.11 Å². The molecule has 1 heterocycles. The number of para-hydroxylation sites is 1. The SMILES string of the molecule is CCc1ccc(N=Nc2c(-c3ccc(CC)cc3)n(C)c3ccccc23)cc1. The predicted molar refractivity (Wildman–Crippen MR) is 118 cm³/mol. The van der Waals surface area contributed by atoms with Crippen LogP contribution < -0.4 is 0 Å². The van der Waals surface area contributed by atoms with Gasteiger partial charge < -0.3 is 4.57 Å². The molecule has 28 heavy (non-hydrogen) atoms. The summed E-state index contributed by atoms with van der Waals surface area (Å²) in [6, 6.07) is 25.4. The van der Waals surface area contributed by atoms with Crippen molar-refractivity contribution in [3.05, 3.63) is 83.9 Å². The van der Waals surface area contributed by atoms with Crippen LogP contribution in [0.1, 0.15) is 25.0 Å². The minimum absolute atomic E-state index is 0.873. The lowest BCUT2D eigenvalue weighted by molar-refractivity contribution is 0.975. The third-order valence-corrected chi connectivity index (χ3v) is 5.33. The van der Waals surface area contributed by atoms with E-state index in [-0.39, 0.29) is 0 Å². The maximum atomic E-state index is 4.70. The van der Waals surface area contributed by atoms with Gasteiger partial charge in [-0.25, -0.2) is 0 Å². The molecule has 0 fully saturated rings. The summed E-state index contributed by atoms with van der Waals surface area (Å²) < 4.78 is 2.21. The van der Waals surface area contributed by atoms with Crippen LogP contribution in [0.25, 0.3) is 22.2 Å². The highest BCUT2D eigenvalue weighted by Crippen LogP contribution is 2.40. The molecule has 0 N–H and O–H groups in total. The zero-order valence-electron chi connectivity index (χ0n) is 16.7. The number of azo groups is 1. The Morgan fingerprint density at radius 1 is 0.714 bits per heavy atom. The average Bonchev–Trinajstić information content (AvgIpc) is 3.04. The summed E-state index contributed by atoms with van der Waals surface area (Å²) in [5.41, 5.74) is 7.85. The van der Waals surface area contributed by atoms with E-state index in [0.717, 1.165) is 46.4 Å². The van der Waals surface area contributed by atoms with Crippen molar-refractivity contribution in [3.8, 4) is 11.3 Å². The van der Waals surface area contributed by atoms with E-state index in [1.54, 1.807) is 0 Å². The third-order valence-electron chi connectivity index (χ3n) is 5.33. The van der Waals surface area contributed by atoms with E-state index >= 15 is 0 Å². The van der Waals surface area contributed by atoms with Gasteiger partial charge in [0.2, 0.25) is 0 Å². The second-order valence-corrected chi connectivity index (χ2v) is 7.04. The van der Waals surface area contributed by atoms with Gasteiger partial charge >= 0.3 is 0 Å². The molecular weight excluding hydrogens is 342 g/mol. The monoisotopic (exact) mass is 367 g/mol. The van der Waals surface area contributed by atoms with Gasteiger partial charge in [0.05, 0.1) is 16.9 Å². The van der Waals surface area contributed by atoms with Crippen molar-refractivity contribution in [2.24, 2.45) is 17.3 Å². The fraction of sp³-hybridized carbons (Fsp3) is 0.200. The van der Waals surface area contributed by atoms with Gasteiger partial charge in [0, 0.05) is 18.0 Å². The Balaban J connectivity index is 1.84. The molecule has 0 saturated heterocycles. The van der Waals surface area contributed by atoms with Crippen LogP contribution in [0.2, 0.25) is 0 Å². The first-order valence-electron chi connectivity index (χ1n) is 9.88. The van der Waals surface area contributed by atoms with Crippen LogP contribution in [-0.2, 0) is 19.9 Å². The smallest absolute Gasteiger partial charge is 0.119 e. The Labute approximate surface area is 166 Å². The molecule has 0 bridgehead atoms. The van der Waals surface area contributed by atoms with Crippen molar-refractivity contribution in [2.75, 3.05) is 0 Å². The summed E-state index contributed by atoms with van der Waals surface area (Å²) in [6.07, 6.45) is 2.06. The lowest BCUT2D eigenvalue weighted by Gasteiger charge is -2.07. The van der Waals surface area contributed by atoms with E-state index in [9.17, 15) is 0 Å². The normalized spacial score (nSPS) is 11.5. The Hall–Kier alpha value is -3.20. The van der Waals surface area contributed by atoms with Gasteiger partial charge in [0.1, 0.15) is 5.69 Å². The van der Waals surface area contributed by atoms with E-state index in [1.165, 1.54) is 11.1 Å². The van der Waals surface area contributed by atoms with Gasteiger partial charge in [-0.15, -0.1) is 5.11 Å². The summed E-state index contributed by atoms with van der Waals surface area (Å²) in [5.74, 6) is 0. The average molecular weight is 367 g/mol. The van der Waals surface area contributed by atoms with Crippen molar-refractivity contribution >= 4 is 22.3 Å². The molecule has 0 aliphatic rings. The van der Waals surface area contributed by atoms with E-state index in [1.807, 2.05) is 12.1 Å². The fourth-order valence-electron chi connectivity index (χ4n) is 3.61. The molecule has 0 saturated carbocycles.